The van der Waals surface area contributed by atoms with Crippen molar-refractivity contribution in [1.82, 2.24) is 4.98 Å². The average Bonchev–Trinajstić information content (AvgIpc) is 2.01. The van der Waals surface area contributed by atoms with Crippen molar-refractivity contribution in [3.8, 4) is 0 Å². The van der Waals surface area contributed by atoms with Crippen LogP contribution in [0.5, 0.6) is 0 Å². The fourth-order valence-electron chi connectivity index (χ4n) is 1.32. The molecule has 2 N–H and O–H groups in total. The summed E-state index contributed by atoms with van der Waals surface area (Å²) in [5.74, 6) is 0. The van der Waals surface area contributed by atoms with E-state index in [1.807, 2.05) is 13.8 Å². The van der Waals surface area contributed by atoms with Crippen LogP contribution in [0.4, 0.5) is 0 Å². The van der Waals surface area contributed by atoms with E-state index < -0.39 is 0 Å². The first-order valence-electron chi connectivity index (χ1n) is 4.34. The van der Waals surface area contributed by atoms with Gasteiger partial charge in [0, 0.05) is 17.4 Å². The summed E-state index contributed by atoms with van der Waals surface area (Å²) in [6, 6.07) is 4.27. The maximum Gasteiger partial charge on any atom is 0.0379 e. The zero-order valence-electron chi connectivity index (χ0n) is 7.96. The van der Waals surface area contributed by atoms with E-state index in [1.165, 1.54) is 5.56 Å². The second-order valence-corrected chi connectivity index (χ2v) is 3.20. The van der Waals surface area contributed by atoms with Gasteiger partial charge in [-0.2, -0.15) is 0 Å². The number of hydrogen-bond donors (Lipinski definition) is 1. The van der Waals surface area contributed by atoms with Crippen molar-refractivity contribution in [2.45, 2.75) is 33.2 Å². The molecule has 1 heterocycles. The quantitative estimate of drug-likeness (QED) is 0.727. The van der Waals surface area contributed by atoms with Crippen molar-refractivity contribution in [1.29, 1.82) is 0 Å². The van der Waals surface area contributed by atoms with Crippen LogP contribution in [0.25, 0.3) is 0 Å². The van der Waals surface area contributed by atoms with Gasteiger partial charge in [0.2, 0.25) is 0 Å². The Morgan fingerprint density at radius 1 is 1.33 bits per heavy atom. The van der Waals surface area contributed by atoms with Crippen molar-refractivity contribution in [2.75, 3.05) is 0 Å². The molecule has 0 fully saturated rings. The minimum atomic E-state index is 0.158. The first-order chi connectivity index (χ1) is 5.63. The van der Waals surface area contributed by atoms with Crippen LogP contribution in [0, 0.1) is 13.8 Å². The maximum absolute atomic E-state index is 5.90. The standard InChI is InChI=1S/C10H16N2/c1-4-10(11)9-5-7(2)12-8(3)6-9/h5-6,10H,4,11H2,1-3H3/t10-/m0/s1. The molecular formula is C10H16N2. The molecule has 1 atom stereocenters. The van der Waals surface area contributed by atoms with E-state index in [-0.39, 0.29) is 6.04 Å². The molecule has 2 nitrogen and oxygen atoms in total. The lowest BCUT2D eigenvalue weighted by molar-refractivity contribution is 0.695. The third-order valence-corrected chi connectivity index (χ3v) is 1.97. The Labute approximate surface area is 73.8 Å². The molecule has 1 aromatic rings. The number of rotatable bonds is 2. The van der Waals surface area contributed by atoms with Gasteiger partial charge in [0.15, 0.2) is 0 Å². The highest BCUT2D eigenvalue weighted by molar-refractivity contribution is 5.23. The molecule has 66 valence electrons. The monoisotopic (exact) mass is 164 g/mol. The lowest BCUT2D eigenvalue weighted by Crippen LogP contribution is -2.09. The van der Waals surface area contributed by atoms with Crippen LogP contribution in [-0.4, -0.2) is 4.98 Å². The molecule has 0 aliphatic heterocycles. The fraction of sp³-hybridized carbons (Fsp3) is 0.500. The topological polar surface area (TPSA) is 38.9 Å². The molecule has 0 saturated carbocycles. The highest BCUT2D eigenvalue weighted by Crippen LogP contribution is 2.14. The minimum Gasteiger partial charge on any atom is -0.324 e. The Balaban J connectivity index is 3.00. The summed E-state index contributed by atoms with van der Waals surface area (Å²) in [6.07, 6.45) is 0.975. The van der Waals surface area contributed by atoms with E-state index in [2.05, 4.69) is 24.0 Å². The SMILES string of the molecule is CC[C@H](N)c1cc(C)nc(C)c1. The lowest BCUT2D eigenvalue weighted by Gasteiger charge is -2.10. The third-order valence-electron chi connectivity index (χ3n) is 1.97. The summed E-state index contributed by atoms with van der Waals surface area (Å²) < 4.78 is 0. The summed E-state index contributed by atoms with van der Waals surface area (Å²) >= 11 is 0. The molecule has 0 unspecified atom stereocenters. The van der Waals surface area contributed by atoms with Crippen LogP contribution in [0.2, 0.25) is 0 Å². The van der Waals surface area contributed by atoms with Crippen LogP contribution in [0.1, 0.15) is 36.3 Å². The van der Waals surface area contributed by atoms with Gasteiger partial charge in [-0.3, -0.25) is 4.98 Å². The summed E-state index contributed by atoms with van der Waals surface area (Å²) in [7, 11) is 0. The first kappa shape index (κ1) is 9.20. The van der Waals surface area contributed by atoms with Crippen molar-refractivity contribution < 1.29 is 0 Å². The predicted molar refractivity (Wildman–Crippen MR) is 50.9 cm³/mol. The molecule has 1 aromatic heterocycles. The number of pyridine rings is 1. The molecule has 0 aliphatic rings. The summed E-state index contributed by atoms with van der Waals surface area (Å²) in [4.78, 5) is 4.30. The number of aryl methyl sites for hydroxylation is 2. The van der Waals surface area contributed by atoms with Gasteiger partial charge < -0.3 is 5.73 Å². The van der Waals surface area contributed by atoms with Crippen molar-refractivity contribution in [2.24, 2.45) is 5.73 Å². The van der Waals surface area contributed by atoms with Gasteiger partial charge in [-0.05, 0) is 38.0 Å². The van der Waals surface area contributed by atoms with Gasteiger partial charge >= 0.3 is 0 Å². The highest BCUT2D eigenvalue weighted by atomic mass is 14.7. The van der Waals surface area contributed by atoms with E-state index in [1.54, 1.807) is 0 Å². The molecule has 0 aromatic carbocycles. The van der Waals surface area contributed by atoms with Crippen LogP contribution in [0.15, 0.2) is 12.1 Å². The summed E-state index contributed by atoms with van der Waals surface area (Å²) in [6.45, 7) is 6.09. The van der Waals surface area contributed by atoms with Crippen LogP contribution in [0.3, 0.4) is 0 Å². The Hall–Kier alpha value is -0.890. The van der Waals surface area contributed by atoms with Gasteiger partial charge in [-0.25, -0.2) is 0 Å². The van der Waals surface area contributed by atoms with Crippen molar-refractivity contribution >= 4 is 0 Å². The third kappa shape index (κ3) is 2.05. The zero-order chi connectivity index (χ0) is 9.14. The molecule has 0 radical (unpaired) electrons. The number of nitrogens with zero attached hydrogens (tertiary/aromatic N) is 1. The molecule has 2 heteroatoms. The van der Waals surface area contributed by atoms with Gasteiger partial charge in [0.25, 0.3) is 0 Å². The van der Waals surface area contributed by atoms with Crippen molar-refractivity contribution in [3.63, 3.8) is 0 Å². The Morgan fingerprint density at radius 3 is 2.25 bits per heavy atom. The molecular weight excluding hydrogens is 148 g/mol. The first-order valence-corrected chi connectivity index (χ1v) is 4.34. The smallest absolute Gasteiger partial charge is 0.0379 e. The normalized spacial score (nSPS) is 13.0. The van der Waals surface area contributed by atoms with Gasteiger partial charge in [0.05, 0.1) is 0 Å². The zero-order valence-corrected chi connectivity index (χ0v) is 7.96. The van der Waals surface area contributed by atoms with E-state index in [0.717, 1.165) is 17.8 Å². The average molecular weight is 164 g/mol. The number of hydrogen-bond acceptors (Lipinski definition) is 2. The van der Waals surface area contributed by atoms with Gasteiger partial charge in [0.1, 0.15) is 0 Å². The Kier molecular flexibility index (Phi) is 2.82. The molecule has 0 saturated heterocycles. The molecule has 0 aliphatic carbocycles. The predicted octanol–water partition coefficient (Wildman–Crippen LogP) is 2.11. The fourth-order valence-corrected chi connectivity index (χ4v) is 1.32. The lowest BCUT2D eigenvalue weighted by atomic mass is 10.1. The Morgan fingerprint density at radius 2 is 1.83 bits per heavy atom. The molecule has 0 amide bonds. The molecule has 12 heavy (non-hydrogen) atoms. The largest absolute Gasteiger partial charge is 0.324 e. The van der Waals surface area contributed by atoms with Crippen LogP contribution >= 0.6 is 0 Å². The van der Waals surface area contributed by atoms with Crippen molar-refractivity contribution in [3.05, 3.63) is 29.1 Å². The second kappa shape index (κ2) is 3.68. The highest BCUT2D eigenvalue weighted by Gasteiger charge is 2.03. The molecule has 0 spiro atoms. The number of nitrogens with two attached hydrogens (primary N) is 1. The number of aromatic nitrogens is 1. The van der Waals surface area contributed by atoms with Gasteiger partial charge in [-0.1, -0.05) is 6.92 Å². The van der Waals surface area contributed by atoms with E-state index in [9.17, 15) is 0 Å². The van der Waals surface area contributed by atoms with E-state index in [4.69, 9.17) is 5.73 Å². The summed E-state index contributed by atoms with van der Waals surface area (Å²) in [5.41, 5.74) is 9.20. The summed E-state index contributed by atoms with van der Waals surface area (Å²) in [5, 5.41) is 0. The van der Waals surface area contributed by atoms with E-state index in [0.29, 0.717) is 0 Å². The van der Waals surface area contributed by atoms with Crippen LogP contribution < -0.4 is 5.73 Å². The Bertz CT molecular complexity index is 248. The van der Waals surface area contributed by atoms with E-state index >= 15 is 0 Å². The maximum atomic E-state index is 5.90. The molecule has 1 rings (SSSR count). The van der Waals surface area contributed by atoms with Gasteiger partial charge in [-0.15, -0.1) is 0 Å². The minimum absolute atomic E-state index is 0.158. The van der Waals surface area contributed by atoms with Crippen LogP contribution in [-0.2, 0) is 0 Å². The molecule has 0 bridgehead atoms. The second-order valence-electron chi connectivity index (χ2n) is 3.20.